The van der Waals surface area contributed by atoms with Gasteiger partial charge in [-0.2, -0.15) is 5.10 Å². The molecule has 0 aliphatic carbocycles. The predicted octanol–water partition coefficient (Wildman–Crippen LogP) is 1.97. The Kier molecular flexibility index (Phi) is 2.71. The highest BCUT2D eigenvalue weighted by atomic mass is 79.9. The average molecular weight is 224 g/mol. The summed E-state index contributed by atoms with van der Waals surface area (Å²) in [6.45, 7) is 4.17. The Morgan fingerprint density at radius 3 is 2.45 bits per heavy atom. The number of nitrogens with zero attached hydrogens (tertiary/aromatic N) is 2. The zero-order valence-corrected chi connectivity index (χ0v) is 8.77. The maximum Gasteiger partial charge on any atom is 0.0628 e. The molecule has 0 aliphatic heterocycles. The van der Waals surface area contributed by atoms with Gasteiger partial charge in [-0.1, -0.05) is 15.9 Å². The van der Waals surface area contributed by atoms with E-state index < -0.39 is 0 Å². The number of hydrogen-bond acceptors (Lipinski definition) is 1. The maximum absolute atomic E-state index is 4.33. The topological polar surface area (TPSA) is 17.8 Å². The summed E-state index contributed by atoms with van der Waals surface area (Å²) in [5.41, 5.74) is 3.82. The zero-order valence-electron chi connectivity index (χ0n) is 7.19. The van der Waals surface area contributed by atoms with Crippen LogP contribution >= 0.6 is 15.9 Å². The lowest BCUT2D eigenvalue weighted by molar-refractivity contribution is 0.730. The highest BCUT2D eigenvalue weighted by molar-refractivity contribution is 9.09. The van der Waals surface area contributed by atoms with Gasteiger partial charge in [-0.3, -0.25) is 4.68 Å². The summed E-state index contributed by atoms with van der Waals surface area (Å²) < 4.78 is 1.94. The molecule has 1 aromatic heterocycles. The van der Waals surface area contributed by atoms with Gasteiger partial charge in [0.2, 0.25) is 0 Å². The smallest absolute Gasteiger partial charge is 0.0628 e. The molecule has 0 amide bonds. The van der Waals surface area contributed by atoms with Gasteiger partial charge in [0.25, 0.3) is 0 Å². The molecule has 2 nitrogen and oxygen atoms in total. The first-order valence-electron chi connectivity index (χ1n) is 3.72. The van der Waals surface area contributed by atoms with E-state index in [1.807, 2.05) is 11.7 Å². The molecule has 1 aromatic rings. The maximum atomic E-state index is 4.33. The molecule has 0 N–H and O–H groups in total. The van der Waals surface area contributed by atoms with E-state index >= 15 is 0 Å². The highest BCUT2D eigenvalue weighted by Crippen LogP contribution is 2.12. The van der Waals surface area contributed by atoms with E-state index in [2.05, 4.69) is 34.9 Å². The largest absolute Gasteiger partial charge is 0.272 e. The van der Waals surface area contributed by atoms with E-state index in [0.717, 1.165) is 17.4 Å². The fraction of sp³-hybridized carbons (Fsp3) is 0.625. The van der Waals surface area contributed by atoms with Crippen LogP contribution in [-0.2, 0) is 13.5 Å². The molecule has 0 aliphatic rings. The van der Waals surface area contributed by atoms with Gasteiger partial charge in [-0.05, 0) is 25.8 Å². The Labute approximate surface area is 75.7 Å². The number of halogens is 1. The molecule has 0 saturated heterocycles. The predicted molar refractivity (Wildman–Crippen MR) is 50.2 cm³/mol. The number of hydrogen-bond donors (Lipinski definition) is 0. The standard InChI is InChI=1S/C8H13BrN2/c1-6-8(4-5-9)7(2)11(3)10-6/h4-5H2,1-3H3/i1+1,2+1,4+1,5+1,6+1,7+1,8+1. The van der Waals surface area contributed by atoms with Gasteiger partial charge < -0.3 is 0 Å². The van der Waals surface area contributed by atoms with Crippen LogP contribution in [0.4, 0.5) is 0 Å². The van der Waals surface area contributed by atoms with E-state index in [1.54, 1.807) is 0 Å². The third kappa shape index (κ3) is 1.64. The van der Waals surface area contributed by atoms with Crippen LogP contribution in [0.1, 0.15) is 17.0 Å². The minimum absolute atomic E-state index is 1.01. The van der Waals surface area contributed by atoms with Crippen molar-refractivity contribution < 1.29 is 0 Å². The van der Waals surface area contributed by atoms with Gasteiger partial charge in [0.05, 0.1) is 5.69 Å². The molecular weight excluding hydrogens is 211 g/mol. The van der Waals surface area contributed by atoms with Crippen molar-refractivity contribution >= 4 is 15.9 Å². The van der Waals surface area contributed by atoms with Crippen LogP contribution < -0.4 is 0 Å². The molecule has 3 heteroatoms. The summed E-state index contributed by atoms with van der Waals surface area (Å²) in [6, 6.07) is 0. The van der Waals surface area contributed by atoms with E-state index in [-0.39, 0.29) is 0 Å². The summed E-state index contributed by atoms with van der Waals surface area (Å²) in [4.78, 5) is 0. The van der Waals surface area contributed by atoms with Crippen molar-refractivity contribution in [3.8, 4) is 0 Å². The van der Waals surface area contributed by atoms with Crippen LogP contribution in [0.5, 0.6) is 0 Å². The molecule has 0 saturated carbocycles. The molecule has 11 heavy (non-hydrogen) atoms. The minimum atomic E-state index is 1.01. The van der Waals surface area contributed by atoms with Crippen molar-refractivity contribution in [1.29, 1.82) is 0 Å². The molecule has 0 aromatic carbocycles. The van der Waals surface area contributed by atoms with Crippen molar-refractivity contribution in [2.24, 2.45) is 7.05 Å². The Bertz CT molecular complexity index is 253. The summed E-state index contributed by atoms with van der Waals surface area (Å²) in [5, 5.41) is 5.34. The van der Waals surface area contributed by atoms with Crippen LogP contribution in [0.15, 0.2) is 0 Å². The number of alkyl halides is 1. The minimum Gasteiger partial charge on any atom is -0.272 e. The lowest BCUT2D eigenvalue weighted by atomic mass is 11.1. The second-order valence-corrected chi connectivity index (χ2v) is 3.50. The summed E-state index contributed by atoms with van der Waals surface area (Å²) in [6.07, 6.45) is 1.07. The van der Waals surface area contributed by atoms with Crippen LogP contribution in [-0.4, -0.2) is 15.1 Å². The summed E-state index contributed by atoms with van der Waals surface area (Å²) in [7, 11) is 1.99. The monoisotopic (exact) mass is 223 g/mol. The van der Waals surface area contributed by atoms with Gasteiger partial charge in [0.1, 0.15) is 0 Å². The molecule has 0 radical (unpaired) electrons. The fourth-order valence-corrected chi connectivity index (χ4v) is 1.67. The number of aryl methyl sites for hydroxylation is 2. The second-order valence-electron chi connectivity index (χ2n) is 2.71. The molecule has 0 spiro atoms. The summed E-state index contributed by atoms with van der Waals surface area (Å²) in [5.74, 6) is 0. The summed E-state index contributed by atoms with van der Waals surface area (Å²) >= 11 is 3.43. The molecule has 0 unspecified atom stereocenters. The lowest BCUT2D eigenvalue weighted by Crippen LogP contribution is -1.94. The Hall–Kier alpha value is -0.310. The number of aromatic nitrogens is 2. The average Bonchev–Trinajstić information content (AvgIpc) is 2.17. The van der Waals surface area contributed by atoms with E-state index in [4.69, 9.17) is 0 Å². The zero-order chi connectivity index (χ0) is 8.43. The van der Waals surface area contributed by atoms with Crippen LogP contribution in [0.3, 0.4) is 0 Å². The fourth-order valence-electron chi connectivity index (χ4n) is 1.27. The molecule has 1 rings (SSSR count). The van der Waals surface area contributed by atoms with Crippen LogP contribution in [0.25, 0.3) is 0 Å². The first-order valence-corrected chi connectivity index (χ1v) is 4.84. The van der Waals surface area contributed by atoms with Gasteiger partial charge in [-0.25, -0.2) is 0 Å². The van der Waals surface area contributed by atoms with Crippen molar-refractivity contribution in [2.45, 2.75) is 20.3 Å². The van der Waals surface area contributed by atoms with Crippen LogP contribution in [0, 0.1) is 13.8 Å². The second kappa shape index (κ2) is 3.39. The molecule has 62 valence electrons. The van der Waals surface area contributed by atoms with Gasteiger partial charge in [0, 0.05) is 18.1 Å². The quantitative estimate of drug-likeness (QED) is 0.554. The van der Waals surface area contributed by atoms with Crippen molar-refractivity contribution in [1.82, 2.24) is 9.78 Å². The van der Waals surface area contributed by atoms with Gasteiger partial charge in [-0.15, -0.1) is 0 Å². The Balaban J connectivity index is 3.02. The van der Waals surface area contributed by atoms with E-state index in [1.165, 1.54) is 11.3 Å². The van der Waals surface area contributed by atoms with Crippen molar-refractivity contribution in [3.05, 3.63) is 17.0 Å². The molecule has 0 fully saturated rings. The van der Waals surface area contributed by atoms with Gasteiger partial charge in [0.15, 0.2) is 0 Å². The van der Waals surface area contributed by atoms with E-state index in [9.17, 15) is 0 Å². The SMILES string of the molecule is Cn1n[13c]([13CH3])[13c]([13CH2][13CH2]Br)[13c]1[13CH3]. The van der Waals surface area contributed by atoms with Crippen molar-refractivity contribution in [3.63, 3.8) is 0 Å². The van der Waals surface area contributed by atoms with Crippen LogP contribution in [0.2, 0.25) is 0 Å². The lowest BCUT2D eigenvalue weighted by Gasteiger charge is -1.96. The molecular formula is C8H13BrN2. The molecule has 0 bridgehead atoms. The highest BCUT2D eigenvalue weighted by Gasteiger charge is 2.06. The first kappa shape index (κ1) is 8.78. The van der Waals surface area contributed by atoms with Gasteiger partial charge >= 0.3 is 0 Å². The third-order valence-corrected chi connectivity index (χ3v) is 2.40. The third-order valence-electron chi connectivity index (χ3n) is 2.00. The molecule has 1 heterocycles. The Morgan fingerprint density at radius 1 is 1.45 bits per heavy atom. The Morgan fingerprint density at radius 2 is 2.09 bits per heavy atom. The number of rotatable bonds is 2. The first-order chi connectivity index (χ1) is 5.16. The normalized spacial score (nSPS) is 10.5. The van der Waals surface area contributed by atoms with Crippen molar-refractivity contribution in [2.75, 3.05) is 5.33 Å². The van der Waals surface area contributed by atoms with E-state index in [0.29, 0.717) is 0 Å². The molecule has 0 atom stereocenters.